The molecular weight excluding hydrogens is 234 g/mol. The van der Waals surface area contributed by atoms with E-state index in [0.29, 0.717) is 5.75 Å². The van der Waals surface area contributed by atoms with Gasteiger partial charge in [-0.25, -0.2) is 0 Å². The van der Waals surface area contributed by atoms with Crippen LogP contribution in [0.2, 0.25) is 0 Å². The van der Waals surface area contributed by atoms with Crippen LogP contribution in [0.25, 0.3) is 10.4 Å². The van der Waals surface area contributed by atoms with E-state index >= 15 is 0 Å². The van der Waals surface area contributed by atoms with Crippen molar-refractivity contribution >= 4 is 5.97 Å². The lowest BCUT2D eigenvalue weighted by Gasteiger charge is -2.15. The van der Waals surface area contributed by atoms with Gasteiger partial charge in [-0.3, -0.25) is 4.79 Å². The summed E-state index contributed by atoms with van der Waals surface area (Å²) in [5, 5.41) is 3.37. The van der Waals surface area contributed by atoms with Crippen LogP contribution in [0.1, 0.15) is 12.5 Å². The van der Waals surface area contributed by atoms with Crippen LogP contribution in [0.3, 0.4) is 0 Å². The van der Waals surface area contributed by atoms with E-state index < -0.39 is 12.1 Å². The summed E-state index contributed by atoms with van der Waals surface area (Å²) >= 11 is 0. The Bertz CT molecular complexity index is 434. The van der Waals surface area contributed by atoms with Crippen LogP contribution >= 0.6 is 0 Å². The predicted octanol–water partition coefficient (Wildman–Crippen LogP) is 2.62. The highest BCUT2D eigenvalue weighted by Gasteiger charge is 2.12. The second kappa shape index (κ2) is 7.19. The molecule has 0 bridgehead atoms. The van der Waals surface area contributed by atoms with Crippen molar-refractivity contribution in [3.05, 3.63) is 40.3 Å². The number of nitrogens with zero attached hydrogens (tertiary/aromatic N) is 3. The zero-order valence-electron chi connectivity index (χ0n) is 10.4. The summed E-state index contributed by atoms with van der Waals surface area (Å²) in [6.45, 7) is 3.49. The highest BCUT2D eigenvalue weighted by Crippen LogP contribution is 2.12. The zero-order chi connectivity index (χ0) is 13.4. The molecule has 0 aliphatic carbocycles. The molecule has 0 saturated carbocycles. The number of benzene rings is 1. The van der Waals surface area contributed by atoms with E-state index in [4.69, 9.17) is 15.0 Å². The van der Waals surface area contributed by atoms with Gasteiger partial charge in [-0.2, -0.15) is 0 Å². The minimum absolute atomic E-state index is 0.0575. The molecule has 0 unspecified atom stereocenters. The molecule has 18 heavy (non-hydrogen) atoms. The van der Waals surface area contributed by atoms with Crippen molar-refractivity contribution in [2.24, 2.45) is 5.11 Å². The minimum atomic E-state index is -0.570. The first-order chi connectivity index (χ1) is 8.61. The fourth-order valence-electron chi connectivity index (χ4n) is 1.31. The summed E-state index contributed by atoms with van der Waals surface area (Å²) in [6.07, 6.45) is -0.570. The zero-order valence-corrected chi connectivity index (χ0v) is 10.4. The molecular formula is C12H15N3O3. The molecule has 0 radical (unpaired) electrons. The maximum atomic E-state index is 10.9. The Morgan fingerprint density at radius 1 is 1.44 bits per heavy atom. The third-order valence-electron chi connectivity index (χ3n) is 2.14. The van der Waals surface area contributed by atoms with Gasteiger partial charge in [0.25, 0.3) is 0 Å². The summed E-state index contributed by atoms with van der Waals surface area (Å²) < 4.78 is 10.4. The Labute approximate surface area is 105 Å². The van der Waals surface area contributed by atoms with Gasteiger partial charge in [-0.1, -0.05) is 22.8 Å². The summed E-state index contributed by atoms with van der Waals surface area (Å²) in [5.41, 5.74) is 9.37. The van der Waals surface area contributed by atoms with Crippen molar-refractivity contribution in [2.45, 2.75) is 20.0 Å². The molecule has 0 fully saturated rings. The standard InChI is InChI=1S/C12H15N3O3/c1-9-3-5-11(6-4-9)17-8-12(7-14-15-13)18-10(2)16/h3-6,12H,7-8H2,1-2H3/t12-/m1/s1. The Morgan fingerprint density at radius 3 is 2.67 bits per heavy atom. The fraction of sp³-hybridized carbons (Fsp3) is 0.417. The highest BCUT2D eigenvalue weighted by atomic mass is 16.6. The monoisotopic (exact) mass is 249 g/mol. The molecule has 0 amide bonds. The lowest BCUT2D eigenvalue weighted by atomic mass is 10.2. The number of azide groups is 1. The van der Waals surface area contributed by atoms with Gasteiger partial charge in [0.2, 0.25) is 0 Å². The molecule has 0 saturated heterocycles. The average molecular weight is 249 g/mol. The van der Waals surface area contributed by atoms with Gasteiger partial charge in [-0.15, -0.1) is 0 Å². The average Bonchev–Trinajstić information content (AvgIpc) is 2.34. The number of ether oxygens (including phenoxy) is 2. The quantitative estimate of drug-likeness (QED) is 0.336. The molecule has 0 spiro atoms. The molecule has 0 N–H and O–H groups in total. The van der Waals surface area contributed by atoms with Crippen molar-refractivity contribution in [1.82, 2.24) is 0 Å². The lowest BCUT2D eigenvalue weighted by Crippen LogP contribution is -2.26. The Morgan fingerprint density at radius 2 is 2.11 bits per heavy atom. The highest BCUT2D eigenvalue weighted by molar-refractivity contribution is 5.66. The van der Waals surface area contributed by atoms with E-state index in [1.807, 2.05) is 31.2 Å². The largest absolute Gasteiger partial charge is 0.490 e. The van der Waals surface area contributed by atoms with Gasteiger partial charge < -0.3 is 9.47 Å². The van der Waals surface area contributed by atoms with E-state index in [9.17, 15) is 4.79 Å². The number of hydrogen-bond donors (Lipinski definition) is 0. The van der Waals surface area contributed by atoms with E-state index in [1.54, 1.807) is 0 Å². The molecule has 1 aromatic rings. The summed E-state index contributed by atoms with van der Waals surface area (Å²) in [7, 11) is 0. The topological polar surface area (TPSA) is 84.3 Å². The number of carbonyl (C=O) groups is 1. The van der Waals surface area contributed by atoms with Crippen LogP contribution in [0.5, 0.6) is 5.75 Å². The van der Waals surface area contributed by atoms with Gasteiger partial charge in [0, 0.05) is 11.8 Å². The number of esters is 1. The van der Waals surface area contributed by atoms with Crippen molar-refractivity contribution in [2.75, 3.05) is 13.2 Å². The number of aryl methyl sites for hydroxylation is 1. The normalized spacial score (nSPS) is 11.2. The van der Waals surface area contributed by atoms with Crippen LogP contribution in [-0.2, 0) is 9.53 Å². The number of hydrogen-bond acceptors (Lipinski definition) is 4. The molecule has 1 atom stereocenters. The minimum Gasteiger partial charge on any atom is -0.490 e. The van der Waals surface area contributed by atoms with Crippen LogP contribution in [0, 0.1) is 6.92 Å². The second-order valence-corrected chi connectivity index (χ2v) is 3.77. The van der Waals surface area contributed by atoms with Gasteiger partial charge in [-0.05, 0) is 24.6 Å². The van der Waals surface area contributed by atoms with Crippen LogP contribution in [0.15, 0.2) is 29.4 Å². The smallest absolute Gasteiger partial charge is 0.303 e. The van der Waals surface area contributed by atoms with Crippen molar-refractivity contribution in [3.63, 3.8) is 0 Å². The van der Waals surface area contributed by atoms with Gasteiger partial charge in [0.05, 0.1) is 6.54 Å². The third kappa shape index (κ3) is 5.23. The molecule has 1 rings (SSSR count). The molecule has 6 heteroatoms. The van der Waals surface area contributed by atoms with Crippen molar-refractivity contribution < 1.29 is 14.3 Å². The first-order valence-electron chi connectivity index (χ1n) is 5.49. The first-order valence-corrected chi connectivity index (χ1v) is 5.49. The van der Waals surface area contributed by atoms with Gasteiger partial charge >= 0.3 is 5.97 Å². The van der Waals surface area contributed by atoms with Crippen LogP contribution in [0.4, 0.5) is 0 Å². The van der Waals surface area contributed by atoms with E-state index in [0.717, 1.165) is 5.56 Å². The summed E-state index contributed by atoms with van der Waals surface area (Å²) in [5.74, 6) is 0.249. The Kier molecular flexibility index (Phi) is 5.54. The number of carbonyl (C=O) groups excluding carboxylic acids is 1. The van der Waals surface area contributed by atoms with E-state index in [2.05, 4.69) is 10.0 Å². The van der Waals surface area contributed by atoms with Gasteiger partial charge in [0.1, 0.15) is 18.5 Å². The van der Waals surface area contributed by atoms with E-state index in [1.165, 1.54) is 6.92 Å². The van der Waals surface area contributed by atoms with E-state index in [-0.39, 0.29) is 13.2 Å². The first kappa shape index (κ1) is 13.9. The van der Waals surface area contributed by atoms with Crippen LogP contribution < -0.4 is 4.74 Å². The second-order valence-electron chi connectivity index (χ2n) is 3.77. The maximum Gasteiger partial charge on any atom is 0.303 e. The molecule has 1 aromatic carbocycles. The Hall–Kier alpha value is -2.20. The fourth-order valence-corrected chi connectivity index (χ4v) is 1.31. The molecule has 0 heterocycles. The summed E-state index contributed by atoms with van der Waals surface area (Å²) in [6, 6.07) is 7.49. The number of rotatable bonds is 6. The SMILES string of the molecule is CC(=O)O[C@H](CN=[N+]=[N-])COc1ccc(C)cc1. The van der Waals surface area contributed by atoms with Crippen molar-refractivity contribution in [3.8, 4) is 5.75 Å². The lowest BCUT2D eigenvalue weighted by molar-refractivity contribution is -0.147. The molecule has 0 aliphatic rings. The Balaban J connectivity index is 2.52. The third-order valence-corrected chi connectivity index (χ3v) is 2.14. The summed E-state index contributed by atoms with van der Waals surface area (Å²) in [4.78, 5) is 13.5. The van der Waals surface area contributed by atoms with Gasteiger partial charge in [0.15, 0.2) is 0 Å². The predicted molar refractivity (Wildman–Crippen MR) is 66.2 cm³/mol. The molecule has 0 aliphatic heterocycles. The molecule has 96 valence electrons. The molecule has 6 nitrogen and oxygen atoms in total. The maximum absolute atomic E-state index is 10.9. The van der Waals surface area contributed by atoms with Crippen LogP contribution in [-0.4, -0.2) is 25.2 Å². The van der Waals surface area contributed by atoms with Crippen molar-refractivity contribution in [1.29, 1.82) is 0 Å². The molecule has 0 aromatic heterocycles.